The molecule has 0 bridgehead atoms. The van der Waals surface area contributed by atoms with E-state index in [0.29, 0.717) is 25.5 Å². The number of para-hydroxylation sites is 2. The number of carbonyl (C=O) groups excluding carboxylic acids is 2. The summed E-state index contributed by atoms with van der Waals surface area (Å²) in [6.45, 7) is 2.84. The van der Waals surface area contributed by atoms with E-state index in [9.17, 15) is 9.59 Å². The van der Waals surface area contributed by atoms with Gasteiger partial charge in [0.25, 0.3) is 0 Å². The van der Waals surface area contributed by atoms with Crippen molar-refractivity contribution in [3.8, 4) is 0 Å². The van der Waals surface area contributed by atoms with Gasteiger partial charge in [-0.1, -0.05) is 12.1 Å². The van der Waals surface area contributed by atoms with E-state index >= 15 is 0 Å². The summed E-state index contributed by atoms with van der Waals surface area (Å²) in [6, 6.07) is 10.8. The molecule has 1 aromatic carbocycles. The third-order valence-corrected chi connectivity index (χ3v) is 5.26. The molecule has 8 heteroatoms. The predicted molar refractivity (Wildman–Crippen MR) is 111 cm³/mol. The minimum absolute atomic E-state index is 0.201. The maximum absolute atomic E-state index is 13.6. The van der Waals surface area contributed by atoms with Crippen LogP contribution in [0.5, 0.6) is 0 Å². The highest BCUT2D eigenvalue weighted by atomic mass is 16.5. The van der Waals surface area contributed by atoms with Crippen molar-refractivity contribution in [2.45, 2.75) is 19.4 Å². The molecule has 30 heavy (non-hydrogen) atoms. The number of esters is 1. The van der Waals surface area contributed by atoms with E-state index in [1.165, 1.54) is 0 Å². The Labute approximate surface area is 174 Å². The van der Waals surface area contributed by atoms with Gasteiger partial charge < -0.3 is 14.0 Å². The van der Waals surface area contributed by atoms with E-state index in [1.807, 2.05) is 41.0 Å². The molecule has 1 aliphatic rings. The zero-order chi connectivity index (χ0) is 21.1. The molecule has 8 nitrogen and oxygen atoms in total. The van der Waals surface area contributed by atoms with Gasteiger partial charge >= 0.3 is 5.97 Å². The number of aromatic nitrogens is 3. The number of ether oxygens (including phenoxy) is 2. The maximum Gasteiger partial charge on any atom is 0.321 e. The second-order valence-corrected chi connectivity index (χ2v) is 7.06. The van der Waals surface area contributed by atoms with E-state index < -0.39 is 17.9 Å². The van der Waals surface area contributed by atoms with Crippen molar-refractivity contribution >= 4 is 28.9 Å². The second-order valence-electron chi connectivity index (χ2n) is 7.06. The molecule has 0 N–H and O–H groups in total. The number of fused-ring (bicyclic) bond motifs is 3. The van der Waals surface area contributed by atoms with Crippen LogP contribution in [0.15, 0.2) is 48.8 Å². The molecule has 0 unspecified atom stereocenters. The molecule has 0 saturated heterocycles. The Morgan fingerprint density at radius 1 is 1.17 bits per heavy atom. The Hall–Kier alpha value is -3.26. The van der Waals surface area contributed by atoms with Gasteiger partial charge in [-0.2, -0.15) is 0 Å². The van der Waals surface area contributed by atoms with Crippen molar-refractivity contribution < 1.29 is 19.1 Å². The first kappa shape index (κ1) is 20.0. The molecule has 0 radical (unpaired) electrons. The zero-order valence-corrected chi connectivity index (χ0v) is 17.0. The Kier molecular flexibility index (Phi) is 5.76. The Bertz CT molecular complexity index is 1050. The van der Waals surface area contributed by atoms with Crippen LogP contribution in [0.1, 0.15) is 24.9 Å². The monoisotopic (exact) mass is 408 g/mol. The molecule has 1 aliphatic heterocycles. The minimum atomic E-state index is -1.01. The lowest BCUT2D eigenvalue weighted by atomic mass is 9.90. The highest BCUT2D eigenvalue weighted by molar-refractivity contribution is 6.08. The predicted octanol–water partition coefficient (Wildman–Crippen LogP) is 2.58. The Morgan fingerprint density at radius 2 is 1.93 bits per heavy atom. The number of hydrogen-bond donors (Lipinski definition) is 0. The summed E-state index contributed by atoms with van der Waals surface area (Å²) in [4.78, 5) is 37.0. The number of amides is 1. The van der Waals surface area contributed by atoms with Crippen LogP contribution in [0.2, 0.25) is 0 Å². The van der Waals surface area contributed by atoms with Crippen LogP contribution in [0.3, 0.4) is 0 Å². The third kappa shape index (κ3) is 3.43. The average Bonchev–Trinajstić information content (AvgIpc) is 3.14. The number of anilines is 1. The number of benzene rings is 1. The van der Waals surface area contributed by atoms with Crippen molar-refractivity contribution in [2.75, 3.05) is 31.8 Å². The number of methoxy groups -OCH3 is 1. The molecule has 1 amide bonds. The maximum atomic E-state index is 13.6. The summed E-state index contributed by atoms with van der Waals surface area (Å²) >= 11 is 0. The van der Waals surface area contributed by atoms with E-state index in [0.717, 1.165) is 16.6 Å². The number of carbonyl (C=O) groups is 2. The van der Waals surface area contributed by atoms with Crippen LogP contribution in [-0.2, 0) is 19.1 Å². The molecule has 3 heterocycles. The fraction of sp³-hybridized carbons (Fsp3) is 0.364. The highest BCUT2D eigenvalue weighted by Gasteiger charge is 2.47. The lowest BCUT2D eigenvalue weighted by Gasteiger charge is -2.37. The van der Waals surface area contributed by atoms with Gasteiger partial charge in [0.2, 0.25) is 11.9 Å². The molecule has 156 valence electrons. The van der Waals surface area contributed by atoms with Crippen molar-refractivity contribution in [3.05, 3.63) is 54.4 Å². The van der Waals surface area contributed by atoms with Crippen LogP contribution in [-0.4, -0.2) is 53.3 Å². The van der Waals surface area contributed by atoms with E-state index in [-0.39, 0.29) is 12.5 Å². The molecular weight excluding hydrogens is 384 g/mol. The first-order valence-corrected chi connectivity index (χ1v) is 10.0. The van der Waals surface area contributed by atoms with Crippen molar-refractivity contribution in [2.24, 2.45) is 5.92 Å². The molecule has 2 aromatic heterocycles. The first-order valence-electron chi connectivity index (χ1n) is 10.0. The summed E-state index contributed by atoms with van der Waals surface area (Å²) in [6.07, 6.45) is 3.94. The third-order valence-electron chi connectivity index (χ3n) is 5.26. The summed E-state index contributed by atoms with van der Waals surface area (Å²) < 4.78 is 12.4. The van der Waals surface area contributed by atoms with Gasteiger partial charge in [-0.15, -0.1) is 0 Å². The Balaban J connectivity index is 1.93. The Morgan fingerprint density at radius 3 is 2.67 bits per heavy atom. The van der Waals surface area contributed by atoms with Gasteiger partial charge in [0, 0.05) is 32.7 Å². The summed E-state index contributed by atoms with van der Waals surface area (Å²) in [5.74, 6) is -1.33. The molecule has 0 aliphatic carbocycles. The highest BCUT2D eigenvalue weighted by Crippen LogP contribution is 2.41. The van der Waals surface area contributed by atoms with Crippen molar-refractivity contribution in [1.82, 2.24) is 14.5 Å². The number of rotatable bonds is 7. The van der Waals surface area contributed by atoms with Crippen molar-refractivity contribution in [1.29, 1.82) is 0 Å². The molecule has 3 aromatic rings. The number of hydrogen-bond acceptors (Lipinski definition) is 6. The second kappa shape index (κ2) is 8.62. The average molecular weight is 408 g/mol. The molecule has 0 saturated carbocycles. The van der Waals surface area contributed by atoms with Gasteiger partial charge in [0.15, 0.2) is 5.92 Å². The SMILES string of the molecule is CCOC(=O)[C@H]1C(=O)N(CCCOC)c2nc3ccccc3n2[C@@H]1c1ccncc1. The fourth-order valence-electron chi connectivity index (χ4n) is 3.99. The lowest BCUT2D eigenvalue weighted by Crippen LogP contribution is -2.50. The largest absolute Gasteiger partial charge is 0.465 e. The van der Waals surface area contributed by atoms with Crippen LogP contribution in [0.25, 0.3) is 11.0 Å². The molecule has 4 rings (SSSR count). The van der Waals surface area contributed by atoms with E-state index in [1.54, 1.807) is 31.3 Å². The minimum Gasteiger partial charge on any atom is -0.465 e. The van der Waals surface area contributed by atoms with Crippen LogP contribution in [0, 0.1) is 5.92 Å². The van der Waals surface area contributed by atoms with Gasteiger partial charge in [-0.05, 0) is 43.2 Å². The van der Waals surface area contributed by atoms with Crippen molar-refractivity contribution in [3.63, 3.8) is 0 Å². The fourth-order valence-corrected chi connectivity index (χ4v) is 3.99. The topological polar surface area (TPSA) is 86.5 Å². The number of imidazole rings is 1. The first-order chi connectivity index (χ1) is 14.7. The summed E-state index contributed by atoms with van der Waals surface area (Å²) in [7, 11) is 1.62. The van der Waals surface area contributed by atoms with E-state index in [4.69, 9.17) is 14.5 Å². The van der Waals surface area contributed by atoms with Gasteiger partial charge in [0.1, 0.15) is 0 Å². The normalized spacial score (nSPS) is 18.5. The van der Waals surface area contributed by atoms with Crippen LogP contribution in [0.4, 0.5) is 5.95 Å². The van der Waals surface area contributed by atoms with E-state index in [2.05, 4.69) is 4.98 Å². The quantitative estimate of drug-likeness (QED) is 0.339. The molecular formula is C22H24N4O4. The van der Waals surface area contributed by atoms with Gasteiger partial charge in [0.05, 0.1) is 23.7 Å². The number of nitrogens with zero attached hydrogens (tertiary/aromatic N) is 4. The zero-order valence-electron chi connectivity index (χ0n) is 17.0. The van der Waals surface area contributed by atoms with Crippen LogP contribution < -0.4 is 4.90 Å². The smallest absolute Gasteiger partial charge is 0.321 e. The van der Waals surface area contributed by atoms with Crippen LogP contribution >= 0.6 is 0 Å². The number of pyridine rings is 1. The molecule has 0 spiro atoms. The van der Waals surface area contributed by atoms with Gasteiger partial charge in [-0.25, -0.2) is 4.98 Å². The summed E-state index contributed by atoms with van der Waals surface area (Å²) in [5, 5.41) is 0. The standard InChI is InChI=1S/C22H24N4O4/c1-3-30-21(28)18-19(15-9-11-23-12-10-15)26-17-8-5-4-7-16(17)24-22(26)25(20(18)27)13-6-14-29-2/h4-5,7-12,18-19H,3,6,13-14H2,1-2H3/t18-,19-/m1/s1. The van der Waals surface area contributed by atoms with Gasteiger partial charge in [-0.3, -0.25) is 19.5 Å². The lowest BCUT2D eigenvalue weighted by molar-refractivity contribution is -0.153. The molecule has 2 atom stereocenters. The summed E-state index contributed by atoms with van der Waals surface area (Å²) in [5.41, 5.74) is 2.42. The molecule has 0 fully saturated rings.